The van der Waals surface area contributed by atoms with Crippen LogP contribution in [0.2, 0.25) is 0 Å². The summed E-state index contributed by atoms with van der Waals surface area (Å²) in [5.74, 6) is -4.19. The number of amides is 1. The molecule has 7 nitrogen and oxygen atoms in total. The molecule has 3 N–H and O–H groups in total. The van der Waals surface area contributed by atoms with E-state index in [1.165, 1.54) is 0 Å². The number of guanidine groups is 1. The lowest BCUT2D eigenvalue weighted by molar-refractivity contribution is -0.114. The van der Waals surface area contributed by atoms with Gasteiger partial charge in [0.2, 0.25) is 5.91 Å². The van der Waals surface area contributed by atoms with Gasteiger partial charge in [-0.1, -0.05) is 6.07 Å². The summed E-state index contributed by atoms with van der Waals surface area (Å²) >= 11 is 0. The molecule has 0 spiro atoms. The Labute approximate surface area is 178 Å². The van der Waals surface area contributed by atoms with Crippen LogP contribution in [0, 0.1) is 17.5 Å². The van der Waals surface area contributed by atoms with Crippen LogP contribution >= 0.6 is 0 Å². The first-order chi connectivity index (χ1) is 14.9. The lowest BCUT2D eigenvalue weighted by Crippen LogP contribution is -2.32. The number of carbonyl (C=O) groups is 1. The van der Waals surface area contributed by atoms with Crippen molar-refractivity contribution in [2.75, 3.05) is 44.0 Å². The molecule has 0 unspecified atom stereocenters. The van der Waals surface area contributed by atoms with Crippen molar-refractivity contribution in [3.63, 3.8) is 0 Å². The van der Waals surface area contributed by atoms with Gasteiger partial charge < -0.3 is 25.4 Å². The minimum atomic E-state index is -1.65. The van der Waals surface area contributed by atoms with Gasteiger partial charge in [-0.25, -0.2) is 18.2 Å². The average molecular weight is 438 g/mol. The normalized spacial score (nSPS) is 11.2. The molecule has 0 saturated heterocycles. The maximum atomic E-state index is 13.7. The van der Waals surface area contributed by atoms with E-state index in [1.54, 1.807) is 25.3 Å². The third-order valence-corrected chi connectivity index (χ3v) is 3.89. The molecule has 2 rings (SSSR count). The van der Waals surface area contributed by atoms with Gasteiger partial charge in [0.1, 0.15) is 12.3 Å². The Hall–Kier alpha value is -3.27. The summed E-state index contributed by atoms with van der Waals surface area (Å²) in [4.78, 5) is 16.2. The molecule has 0 fully saturated rings. The first-order valence-electron chi connectivity index (χ1n) is 9.65. The van der Waals surface area contributed by atoms with Gasteiger partial charge in [-0.2, -0.15) is 0 Å². The fourth-order valence-corrected chi connectivity index (χ4v) is 2.46. The Morgan fingerprint density at radius 1 is 1.06 bits per heavy atom. The molecule has 0 aliphatic heterocycles. The monoisotopic (exact) mass is 438 g/mol. The fraction of sp³-hybridized carbons (Fsp3) is 0.333. The van der Waals surface area contributed by atoms with E-state index in [4.69, 9.17) is 9.47 Å². The predicted molar refractivity (Wildman–Crippen MR) is 113 cm³/mol. The summed E-state index contributed by atoms with van der Waals surface area (Å²) < 4.78 is 50.6. The minimum Gasteiger partial charge on any atom is -0.493 e. The fourth-order valence-electron chi connectivity index (χ4n) is 2.46. The molecule has 168 valence electrons. The van der Waals surface area contributed by atoms with Gasteiger partial charge in [0.15, 0.2) is 23.4 Å². The van der Waals surface area contributed by atoms with Crippen molar-refractivity contribution in [2.45, 2.75) is 13.3 Å². The number of anilines is 2. The van der Waals surface area contributed by atoms with Crippen LogP contribution in [0.5, 0.6) is 5.75 Å². The largest absolute Gasteiger partial charge is 0.493 e. The van der Waals surface area contributed by atoms with Gasteiger partial charge in [-0.05, 0) is 31.2 Å². The van der Waals surface area contributed by atoms with Crippen molar-refractivity contribution < 1.29 is 27.4 Å². The van der Waals surface area contributed by atoms with Crippen LogP contribution in [0.15, 0.2) is 41.4 Å². The summed E-state index contributed by atoms with van der Waals surface area (Å²) in [6, 6.07) is 8.86. The molecule has 2 aromatic carbocycles. The number of hydrogen-bond acceptors (Lipinski definition) is 4. The van der Waals surface area contributed by atoms with Gasteiger partial charge in [0.25, 0.3) is 0 Å². The van der Waals surface area contributed by atoms with Gasteiger partial charge >= 0.3 is 0 Å². The number of benzene rings is 2. The van der Waals surface area contributed by atoms with Gasteiger partial charge in [-0.3, -0.25) is 4.79 Å². The first-order valence-corrected chi connectivity index (χ1v) is 9.65. The minimum absolute atomic E-state index is 0.306. The molecular weight excluding hydrogens is 413 g/mol. The summed E-state index contributed by atoms with van der Waals surface area (Å²) in [6.07, 6.45) is 0.756. The van der Waals surface area contributed by atoms with Crippen LogP contribution in [-0.4, -0.2) is 45.3 Å². The van der Waals surface area contributed by atoms with Crippen molar-refractivity contribution >= 4 is 23.2 Å². The first kappa shape index (κ1) is 24.0. The molecule has 31 heavy (non-hydrogen) atoms. The Morgan fingerprint density at radius 3 is 2.61 bits per heavy atom. The topological polar surface area (TPSA) is 84.0 Å². The van der Waals surface area contributed by atoms with Crippen LogP contribution in [0.4, 0.5) is 24.5 Å². The van der Waals surface area contributed by atoms with Crippen LogP contribution in [0.1, 0.15) is 13.3 Å². The standard InChI is InChI=1S/C21H25F3N4O3/c1-3-25-21(27-14-6-4-7-15(12-14)31-11-5-10-30-2)26-13-18(29)28-17-9-8-16(22)19(23)20(17)24/h4,6-9,12H,3,5,10-11,13H2,1-2H3,(H,28,29)(H2,25,26,27). The van der Waals surface area contributed by atoms with Gasteiger partial charge in [0.05, 0.1) is 12.3 Å². The number of nitrogens with one attached hydrogen (secondary N) is 3. The summed E-state index contributed by atoms with van der Waals surface area (Å²) in [6.45, 7) is 3.11. The lowest BCUT2D eigenvalue weighted by atomic mass is 10.2. The van der Waals surface area contributed by atoms with E-state index in [1.807, 2.05) is 13.0 Å². The number of halogens is 3. The zero-order valence-corrected chi connectivity index (χ0v) is 17.3. The zero-order chi connectivity index (χ0) is 22.6. The smallest absolute Gasteiger partial charge is 0.246 e. The summed E-state index contributed by atoms with van der Waals surface area (Å²) in [5.41, 5.74) is 0.214. The maximum Gasteiger partial charge on any atom is 0.246 e. The Balaban J connectivity index is 1.98. The number of carbonyl (C=O) groups excluding carboxylic acids is 1. The van der Waals surface area contributed by atoms with E-state index in [2.05, 4.69) is 20.9 Å². The van der Waals surface area contributed by atoms with E-state index in [9.17, 15) is 18.0 Å². The molecule has 10 heteroatoms. The number of methoxy groups -OCH3 is 1. The molecule has 1 amide bonds. The molecule has 0 bridgehead atoms. The van der Waals surface area contributed by atoms with E-state index in [-0.39, 0.29) is 6.54 Å². The van der Waals surface area contributed by atoms with Crippen LogP contribution in [-0.2, 0) is 9.53 Å². The number of hydrogen-bond donors (Lipinski definition) is 3. The number of ether oxygens (including phenoxy) is 2. The highest BCUT2D eigenvalue weighted by Gasteiger charge is 2.15. The molecule has 0 heterocycles. The Morgan fingerprint density at radius 2 is 1.87 bits per heavy atom. The highest BCUT2D eigenvalue weighted by molar-refractivity contribution is 5.97. The van der Waals surface area contributed by atoms with Crippen molar-refractivity contribution in [3.8, 4) is 5.75 Å². The third kappa shape index (κ3) is 7.82. The Bertz CT molecular complexity index is 909. The van der Waals surface area contributed by atoms with Crippen LogP contribution in [0.25, 0.3) is 0 Å². The molecule has 0 radical (unpaired) electrons. The zero-order valence-electron chi connectivity index (χ0n) is 17.3. The van der Waals surface area contributed by atoms with Crippen molar-refractivity contribution in [1.82, 2.24) is 5.32 Å². The van der Waals surface area contributed by atoms with Gasteiger partial charge in [-0.15, -0.1) is 0 Å². The molecular formula is C21H25F3N4O3. The van der Waals surface area contributed by atoms with E-state index >= 15 is 0 Å². The number of aliphatic imine (C=N–C) groups is 1. The molecule has 0 aliphatic carbocycles. The van der Waals surface area contributed by atoms with Crippen molar-refractivity contribution in [2.24, 2.45) is 4.99 Å². The quantitative estimate of drug-likeness (QED) is 0.229. The molecule has 0 saturated carbocycles. The van der Waals surface area contributed by atoms with Crippen LogP contribution < -0.4 is 20.7 Å². The molecule has 0 aliphatic rings. The summed E-state index contributed by atoms with van der Waals surface area (Å²) in [5, 5.41) is 8.18. The molecule has 0 atom stereocenters. The molecule has 2 aromatic rings. The van der Waals surface area contributed by atoms with E-state index in [0.29, 0.717) is 37.2 Å². The predicted octanol–water partition coefficient (Wildman–Crippen LogP) is 3.54. The Kier molecular flexibility index (Phi) is 9.63. The maximum absolute atomic E-state index is 13.7. The van der Waals surface area contributed by atoms with Crippen LogP contribution in [0.3, 0.4) is 0 Å². The lowest BCUT2D eigenvalue weighted by Gasteiger charge is -2.13. The average Bonchev–Trinajstić information content (AvgIpc) is 2.76. The highest BCUT2D eigenvalue weighted by Crippen LogP contribution is 2.20. The van der Waals surface area contributed by atoms with Crippen molar-refractivity contribution in [3.05, 3.63) is 53.8 Å². The summed E-state index contributed by atoms with van der Waals surface area (Å²) in [7, 11) is 1.63. The third-order valence-electron chi connectivity index (χ3n) is 3.89. The van der Waals surface area contributed by atoms with Gasteiger partial charge in [0, 0.05) is 38.4 Å². The van der Waals surface area contributed by atoms with E-state index in [0.717, 1.165) is 18.6 Å². The van der Waals surface area contributed by atoms with Crippen molar-refractivity contribution in [1.29, 1.82) is 0 Å². The molecule has 0 aromatic heterocycles. The number of rotatable bonds is 10. The SMILES string of the molecule is CCNC(=NCC(=O)Nc1ccc(F)c(F)c1F)Nc1cccc(OCCCOC)c1. The second-order valence-electron chi connectivity index (χ2n) is 6.31. The highest BCUT2D eigenvalue weighted by atomic mass is 19.2. The second-order valence-corrected chi connectivity index (χ2v) is 6.31. The number of nitrogens with zero attached hydrogens (tertiary/aromatic N) is 1. The second kappa shape index (κ2) is 12.4. The van der Waals surface area contributed by atoms with E-state index < -0.39 is 29.0 Å².